The molecule has 5 aliphatic rings. The molecule has 4 saturated heterocycles. The van der Waals surface area contributed by atoms with Gasteiger partial charge in [-0.05, 0) is 99.0 Å². The smallest absolute Gasteiger partial charge is 0.407 e. The number of rotatable bonds is 15. The zero-order valence-electron chi connectivity index (χ0n) is 44.8. The first kappa shape index (κ1) is 54.4. The topological polar surface area (TPSA) is 209 Å². The lowest BCUT2D eigenvalue weighted by Gasteiger charge is -2.41. The highest BCUT2D eigenvalue weighted by Gasteiger charge is 2.46. The van der Waals surface area contributed by atoms with Gasteiger partial charge in [-0.2, -0.15) is 0 Å². The fourth-order valence-electron chi connectivity index (χ4n) is 12.1. The number of anilines is 3. The second-order valence-corrected chi connectivity index (χ2v) is 27.0. The molecule has 0 aliphatic carbocycles. The van der Waals surface area contributed by atoms with E-state index in [0.29, 0.717) is 104 Å². The molecule has 0 spiro atoms. The molecule has 5 aliphatic heterocycles. The van der Waals surface area contributed by atoms with Crippen molar-refractivity contribution in [3.63, 3.8) is 0 Å². The Kier molecular flexibility index (Phi) is 16.0. The highest BCUT2D eigenvalue weighted by molar-refractivity contribution is 6.77. The minimum Gasteiger partial charge on any atom is -0.453 e. The summed E-state index contributed by atoms with van der Waals surface area (Å²) >= 11 is 0. The van der Waals surface area contributed by atoms with Gasteiger partial charge in [-0.1, -0.05) is 25.2 Å². The van der Waals surface area contributed by atoms with E-state index in [1.165, 1.54) is 39.4 Å². The van der Waals surface area contributed by atoms with E-state index in [0.717, 1.165) is 23.2 Å². The number of alkyl carbamates (subject to hydrolysis) is 2. The molecule has 4 fully saturated rings. The number of nitrogens with one attached hydrogen (secondary N) is 4. The third kappa shape index (κ3) is 10.4. The first-order valence-electron chi connectivity index (χ1n) is 26.2. The maximum absolute atomic E-state index is 17.9. The Morgan fingerprint density at radius 1 is 0.803 bits per heavy atom. The summed E-state index contributed by atoms with van der Waals surface area (Å²) in [6, 6.07) is 10.6. The van der Waals surface area contributed by atoms with Gasteiger partial charge in [0, 0.05) is 70.7 Å². The molecule has 1 aromatic heterocycles. The Labute approximate surface area is 442 Å². The van der Waals surface area contributed by atoms with Crippen LogP contribution in [0.5, 0.6) is 0 Å². The Morgan fingerprint density at radius 3 is 2.05 bits per heavy atom. The van der Waals surface area contributed by atoms with E-state index < -0.39 is 74.2 Å². The second kappa shape index (κ2) is 22.3. The van der Waals surface area contributed by atoms with Gasteiger partial charge in [0.2, 0.25) is 17.7 Å². The van der Waals surface area contributed by atoms with Crippen LogP contribution in [0.15, 0.2) is 42.5 Å². The molecule has 0 bridgehead atoms. The SMILES string of the molecule is COC[C@H]1C[C@@H](c2nc3cc4c(cc3[nH]2)[C@H]2CC[C@H](c3ccc(NC(=O)[C@@H]5CCCN5C(=O)[C@@H](NC(=O)OC)[C@@H](C)OC)cc3)N2c2cc(F)c(N3CC[Si](C)(C)CC3)c(F)c2-4)N(C(=O)[C@@H](NC(=O)OC)[C@@H](C)OC)C1. The lowest BCUT2D eigenvalue weighted by molar-refractivity contribution is -0.141. The van der Waals surface area contributed by atoms with Crippen LogP contribution in [0.1, 0.15) is 81.0 Å². The molecule has 4 aromatic rings. The average Bonchev–Trinajstić information content (AvgIpc) is 4.32. The van der Waals surface area contributed by atoms with Gasteiger partial charge >= 0.3 is 12.2 Å². The van der Waals surface area contributed by atoms with E-state index in [9.17, 15) is 24.0 Å². The summed E-state index contributed by atoms with van der Waals surface area (Å²) in [5.74, 6) is -1.96. The molecule has 3 aromatic carbocycles. The van der Waals surface area contributed by atoms with Crippen molar-refractivity contribution in [2.45, 2.75) is 120 Å². The molecule has 19 nitrogen and oxygen atoms in total. The molecular formula is C54H71F2N9O10Si. The lowest BCUT2D eigenvalue weighted by atomic mass is 9.86. The first-order valence-corrected chi connectivity index (χ1v) is 29.7. The van der Waals surface area contributed by atoms with Crippen LogP contribution in [-0.2, 0) is 38.1 Å². The maximum atomic E-state index is 17.9. The molecule has 0 unspecified atom stereocenters. The van der Waals surface area contributed by atoms with E-state index in [-0.39, 0.29) is 35.5 Å². The standard InChI is InChI=1S/C54H71F2N9O10Si/c1-29(72-4)46(60-53(69)74-6)51(67)63-18-10-11-41(63)50(66)57-33-14-12-32(13-15-33)39-16-17-40-34-24-37-38(25-35(34)44-42(65(39)40)26-36(55)48(45(44)56)62-19-21-76(8,9)22-20-62)59-49(58-37)43-23-31(28-71-3)27-64(43)52(68)47(30(2)73-5)61-54(70)75-7/h12-15,24-26,29-31,39-41,43,46-47H,10-11,16-23,27-28H2,1-9H3,(H,57,66)(H,58,59)(H,60,69)(H,61,70)/t29-,30-,31+,39-,40-,41+,43+,46+,47+/m1/s1. The fourth-order valence-corrected chi connectivity index (χ4v) is 14.1. The molecule has 9 atom stereocenters. The van der Waals surface area contributed by atoms with Gasteiger partial charge in [-0.15, -0.1) is 0 Å². The Bertz CT molecular complexity index is 2840. The quantitative estimate of drug-likeness (QED) is 0.0856. The summed E-state index contributed by atoms with van der Waals surface area (Å²) in [6.07, 6.45) is -0.0895. The van der Waals surface area contributed by atoms with Gasteiger partial charge in [0.05, 0.1) is 76.0 Å². The molecule has 76 heavy (non-hydrogen) atoms. The number of carbonyl (C=O) groups is 5. The number of aromatic amines is 1. The van der Waals surface area contributed by atoms with E-state index in [1.54, 1.807) is 38.0 Å². The van der Waals surface area contributed by atoms with Gasteiger partial charge in [0.15, 0.2) is 11.6 Å². The van der Waals surface area contributed by atoms with Gasteiger partial charge < -0.3 is 64.2 Å². The van der Waals surface area contributed by atoms with E-state index in [2.05, 4.69) is 38.9 Å². The van der Waals surface area contributed by atoms with Crippen LogP contribution in [0, 0.1) is 17.6 Å². The Balaban J connectivity index is 1.04. The van der Waals surface area contributed by atoms with Gasteiger partial charge in [-0.3, -0.25) is 14.4 Å². The number of halogens is 2. The number of fused-ring (bicyclic) bond motifs is 7. The van der Waals surface area contributed by atoms with Crippen LogP contribution >= 0.6 is 0 Å². The monoisotopic (exact) mass is 1070 g/mol. The number of imidazole rings is 1. The summed E-state index contributed by atoms with van der Waals surface area (Å²) in [7, 11) is 5.43. The average molecular weight is 1070 g/mol. The molecule has 0 radical (unpaired) electrons. The minimum absolute atomic E-state index is 0.0259. The summed E-state index contributed by atoms with van der Waals surface area (Å²) < 4.78 is 60.8. The normalized spacial score (nSPS) is 23.3. The number of amides is 5. The van der Waals surface area contributed by atoms with Gasteiger partial charge in [0.1, 0.15) is 29.6 Å². The molecule has 9 rings (SSSR count). The number of benzene rings is 3. The highest BCUT2D eigenvalue weighted by atomic mass is 28.3. The zero-order chi connectivity index (χ0) is 54.3. The molecule has 5 amide bonds. The van der Waals surface area contributed by atoms with Crippen molar-refractivity contribution in [3.8, 4) is 11.1 Å². The third-order valence-corrected chi connectivity index (χ3v) is 19.6. The summed E-state index contributed by atoms with van der Waals surface area (Å²) in [5.41, 5.74) is 4.84. The highest BCUT2D eigenvalue weighted by Crippen LogP contribution is 2.58. The van der Waals surface area contributed by atoms with Crippen molar-refractivity contribution in [1.82, 2.24) is 30.4 Å². The third-order valence-electron chi connectivity index (χ3n) is 16.5. The zero-order valence-corrected chi connectivity index (χ0v) is 45.8. The number of methoxy groups -OCH3 is 5. The number of H-pyrrole nitrogens is 1. The van der Waals surface area contributed by atoms with Crippen LogP contribution in [-0.4, -0.2) is 156 Å². The molecule has 22 heteroatoms. The van der Waals surface area contributed by atoms with E-state index >= 15 is 8.78 Å². The number of carbonyl (C=O) groups excluding carboxylic acids is 5. The maximum Gasteiger partial charge on any atom is 0.407 e. The molecule has 4 N–H and O–H groups in total. The van der Waals surface area contributed by atoms with E-state index in [4.69, 9.17) is 28.7 Å². The Hall–Kier alpha value is -6.36. The largest absolute Gasteiger partial charge is 0.453 e. The molecule has 0 saturated carbocycles. The van der Waals surface area contributed by atoms with Crippen LogP contribution in [0.2, 0.25) is 25.2 Å². The van der Waals surface area contributed by atoms with Crippen molar-refractivity contribution in [2.24, 2.45) is 5.92 Å². The fraction of sp³-hybridized carbons (Fsp3) is 0.556. The molecule has 410 valence electrons. The van der Waals surface area contributed by atoms with Gasteiger partial charge in [-0.25, -0.2) is 23.4 Å². The van der Waals surface area contributed by atoms with Gasteiger partial charge in [0.25, 0.3) is 0 Å². The molecule has 6 heterocycles. The predicted octanol–water partition coefficient (Wildman–Crippen LogP) is 7.42. The predicted molar refractivity (Wildman–Crippen MR) is 284 cm³/mol. The van der Waals surface area contributed by atoms with Crippen molar-refractivity contribution >= 4 is 66.1 Å². The number of aromatic nitrogens is 2. The van der Waals surface area contributed by atoms with Crippen molar-refractivity contribution in [2.75, 3.05) is 83.5 Å². The second-order valence-electron chi connectivity index (χ2n) is 21.6. The number of ether oxygens (including phenoxy) is 5. The van der Waals surface area contributed by atoms with Crippen molar-refractivity contribution in [3.05, 3.63) is 71.1 Å². The Morgan fingerprint density at radius 2 is 1.43 bits per heavy atom. The summed E-state index contributed by atoms with van der Waals surface area (Å²) in [6.45, 7) is 10.2. The number of hydrogen-bond acceptors (Lipinski definition) is 13. The summed E-state index contributed by atoms with van der Waals surface area (Å²) in [4.78, 5) is 82.5. The van der Waals surface area contributed by atoms with Crippen molar-refractivity contribution < 1.29 is 56.4 Å². The minimum atomic E-state index is -1.51. The lowest BCUT2D eigenvalue weighted by Crippen LogP contribution is -2.56. The van der Waals surface area contributed by atoms with Crippen LogP contribution in [0.3, 0.4) is 0 Å². The number of likely N-dealkylation sites (tertiary alicyclic amines) is 2. The summed E-state index contributed by atoms with van der Waals surface area (Å²) in [5, 5.41) is 8.18. The van der Waals surface area contributed by atoms with Crippen LogP contribution < -0.4 is 25.8 Å². The number of hydrogen-bond donors (Lipinski definition) is 4. The van der Waals surface area contributed by atoms with E-state index in [1.807, 2.05) is 29.2 Å². The first-order chi connectivity index (χ1) is 36.4. The van der Waals surface area contributed by atoms with Crippen molar-refractivity contribution in [1.29, 1.82) is 0 Å². The van der Waals surface area contributed by atoms with Crippen LogP contribution in [0.4, 0.5) is 35.4 Å². The number of nitrogens with zero attached hydrogens (tertiary/aromatic N) is 5. The van der Waals surface area contributed by atoms with Crippen LogP contribution in [0.25, 0.3) is 22.2 Å². The molecular weight excluding hydrogens is 1000 g/mol.